The number of carbonyl (C=O) groups excluding carboxylic acids is 3. The first-order valence-corrected chi connectivity index (χ1v) is 10.5. The normalized spacial score (nSPS) is 15.7. The van der Waals surface area contributed by atoms with Gasteiger partial charge >= 0.3 is 5.97 Å². The zero-order chi connectivity index (χ0) is 21.1. The summed E-state index contributed by atoms with van der Waals surface area (Å²) in [6, 6.07) is 3.25. The first kappa shape index (κ1) is 21.0. The molecule has 0 saturated heterocycles. The number of nitrogens with zero attached hydrogens (tertiary/aromatic N) is 1. The number of ether oxygens (including phenoxy) is 1. The average molecular weight is 417 g/mol. The molecule has 154 valence electrons. The van der Waals surface area contributed by atoms with E-state index >= 15 is 0 Å². The molecule has 1 aliphatic carbocycles. The van der Waals surface area contributed by atoms with Gasteiger partial charge in [-0.15, -0.1) is 11.3 Å². The van der Waals surface area contributed by atoms with E-state index in [9.17, 15) is 14.4 Å². The lowest BCUT2D eigenvalue weighted by Crippen LogP contribution is -2.40. The minimum Gasteiger partial charge on any atom is -0.459 e. The van der Waals surface area contributed by atoms with Crippen LogP contribution in [0.15, 0.2) is 24.5 Å². The highest BCUT2D eigenvalue weighted by molar-refractivity contribution is 7.17. The van der Waals surface area contributed by atoms with Crippen LogP contribution in [0.3, 0.4) is 0 Å². The van der Waals surface area contributed by atoms with E-state index in [1.165, 1.54) is 17.5 Å². The Bertz CT molecular complexity index is 951. The van der Waals surface area contributed by atoms with Gasteiger partial charge in [0.1, 0.15) is 10.6 Å². The summed E-state index contributed by atoms with van der Waals surface area (Å²) in [5, 5.41) is 3.41. The third kappa shape index (κ3) is 5.00. The average Bonchev–Trinajstić information content (AvgIpc) is 2.97. The zero-order valence-corrected chi connectivity index (χ0v) is 17.7. The topological polar surface area (TPSA) is 102 Å². The van der Waals surface area contributed by atoms with Crippen LogP contribution in [-0.4, -0.2) is 23.9 Å². The summed E-state index contributed by atoms with van der Waals surface area (Å²) < 4.78 is 7.01. The predicted octanol–water partition coefficient (Wildman–Crippen LogP) is 2.46. The van der Waals surface area contributed by atoms with Gasteiger partial charge in [0, 0.05) is 10.9 Å². The number of aromatic nitrogens is 1. The number of carbonyl (C=O) groups is 3. The van der Waals surface area contributed by atoms with Crippen molar-refractivity contribution in [1.82, 2.24) is 0 Å². The summed E-state index contributed by atoms with van der Waals surface area (Å²) in [6.07, 6.45) is 5.68. The molecule has 3 N–H and O–H groups in total. The first-order chi connectivity index (χ1) is 13.7. The molecule has 0 spiro atoms. The highest BCUT2D eigenvalue weighted by Crippen LogP contribution is 2.40. The zero-order valence-electron chi connectivity index (χ0n) is 16.9. The van der Waals surface area contributed by atoms with E-state index in [4.69, 9.17) is 10.5 Å². The lowest BCUT2D eigenvalue weighted by atomic mass is 9.88. The highest BCUT2D eigenvalue weighted by atomic mass is 32.1. The maximum Gasteiger partial charge on any atom is 0.341 e. The fourth-order valence-electron chi connectivity index (χ4n) is 3.43. The molecule has 1 aliphatic rings. The van der Waals surface area contributed by atoms with Crippen molar-refractivity contribution in [1.29, 1.82) is 0 Å². The quantitative estimate of drug-likeness (QED) is 0.558. The molecule has 0 fully saturated rings. The molecule has 2 aromatic heterocycles. The summed E-state index contributed by atoms with van der Waals surface area (Å²) in [6.45, 7) is 5.80. The van der Waals surface area contributed by atoms with Gasteiger partial charge in [0.15, 0.2) is 12.4 Å². The van der Waals surface area contributed by atoms with Crippen molar-refractivity contribution < 1.29 is 23.7 Å². The molecule has 0 aliphatic heterocycles. The Balaban J connectivity index is 1.84. The molecule has 8 heteroatoms. The van der Waals surface area contributed by atoms with E-state index in [2.05, 4.69) is 12.2 Å². The van der Waals surface area contributed by atoms with E-state index in [1.807, 2.05) is 0 Å². The van der Waals surface area contributed by atoms with Crippen molar-refractivity contribution >= 4 is 34.1 Å². The summed E-state index contributed by atoms with van der Waals surface area (Å²) in [5.74, 6) is -0.697. The monoisotopic (exact) mass is 416 g/mol. The molecule has 3 rings (SSSR count). The largest absolute Gasteiger partial charge is 0.459 e. The van der Waals surface area contributed by atoms with Crippen LogP contribution in [0.2, 0.25) is 0 Å². The van der Waals surface area contributed by atoms with Crippen molar-refractivity contribution in [3.8, 4) is 0 Å². The molecule has 2 heterocycles. The summed E-state index contributed by atoms with van der Waals surface area (Å²) in [7, 11) is 0. The van der Waals surface area contributed by atoms with E-state index in [0.717, 1.165) is 29.7 Å². The lowest BCUT2D eigenvalue weighted by molar-refractivity contribution is -0.684. The molecule has 1 atom stereocenters. The van der Waals surface area contributed by atoms with Crippen LogP contribution in [0.4, 0.5) is 5.00 Å². The second kappa shape index (κ2) is 8.73. The maximum atomic E-state index is 12.7. The van der Waals surface area contributed by atoms with Gasteiger partial charge in [-0.05, 0) is 50.7 Å². The number of anilines is 1. The Labute approximate surface area is 173 Å². The number of pyridine rings is 1. The van der Waals surface area contributed by atoms with E-state index in [-0.39, 0.29) is 18.6 Å². The lowest BCUT2D eigenvalue weighted by Gasteiger charge is -2.18. The SMILES string of the molecule is CC(C)OC(=O)c1c(NC(=O)C[n+]2cccc(C(N)=O)c2)sc2c1CC[C@@H](C)C2. The molecular formula is C21H26N3O4S+. The van der Waals surface area contributed by atoms with Crippen molar-refractivity contribution in [3.05, 3.63) is 46.1 Å². The van der Waals surface area contributed by atoms with Crippen molar-refractivity contribution in [2.75, 3.05) is 5.32 Å². The number of esters is 1. The molecule has 0 bridgehead atoms. The van der Waals surface area contributed by atoms with Crippen molar-refractivity contribution in [3.63, 3.8) is 0 Å². The number of fused-ring (bicyclic) bond motifs is 1. The number of amides is 2. The van der Waals surface area contributed by atoms with Gasteiger partial charge in [0.25, 0.3) is 11.8 Å². The van der Waals surface area contributed by atoms with Gasteiger partial charge in [-0.25, -0.2) is 4.79 Å². The van der Waals surface area contributed by atoms with Crippen LogP contribution >= 0.6 is 11.3 Å². The predicted molar refractivity (Wildman–Crippen MR) is 110 cm³/mol. The molecule has 7 nitrogen and oxygen atoms in total. The summed E-state index contributed by atoms with van der Waals surface area (Å²) in [5.41, 5.74) is 7.09. The van der Waals surface area contributed by atoms with Crippen LogP contribution in [0.1, 0.15) is 58.3 Å². The van der Waals surface area contributed by atoms with Crippen LogP contribution in [0.25, 0.3) is 0 Å². The van der Waals surface area contributed by atoms with Crippen LogP contribution < -0.4 is 15.6 Å². The second-order valence-electron chi connectivity index (χ2n) is 7.69. The Morgan fingerprint density at radius 1 is 1.38 bits per heavy atom. The molecule has 0 saturated carbocycles. The number of hydrogen-bond donors (Lipinski definition) is 2. The summed E-state index contributed by atoms with van der Waals surface area (Å²) >= 11 is 1.45. The fraction of sp³-hybridized carbons (Fsp3) is 0.429. The molecule has 2 amide bonds. The smallest absolute Gasteiger partial charge is 0.341 e. The Hall–Kier alpha value is -2.74. The first-order valence-electron chi connectivity index (χ1n) is 9.68. The van der Waals surface area contributed by atoms with Gasteiger partial charge in [-0.2, -0.15) is 4.57 Å². The molecule has 2 aromatic rings. The Morgan fingerprint density at radius 2 is 2.14 bits per heavy atom. The van der Waals surface area contributed by atoms with Crippen molar-refractivity contribution in [2.24, 2.45) is 11.7 Å². The van der Waals surface area contributed by atoms with Gasteiger partial charge in [-0.3, -0.25) is 9.59 Å². The standard InChI is InChI=1S/C21H25N3O4S/c1-12(2)28-21(27)18-15-7-6-13(3)9-16(15)29-20(18)23-17(25)11-24-8-4-5-14(10-24)19(22)26/h4-5,8,10,12-13H,6-7,9,11H2,1-3H3,(H2-,22,23,25,26,27)/p+1/t13-/m1/s1. The minimum absolute atomic E-state index is 0.00123. The number of nitrogens with two attached hydrogens (primary N) is 1. The number of hydrogen-bond acceptors (Lipinski definition) is 5. The number of primary amides is 1. The third-order valence-corrected chi connectivity index (χ3v) is 5.95. The van der Waals surface area contributed by atoms with Gasteiger partial charge in [0.2, 0.25) is 6.54 Å². The molecule has 29 heavy (non-hydrogen) atoms. The number of thiophene rings is 1. The van der Waals surface area contributed by atoms with Crippen LogP contribution in [0.5, 0.6) is 0 Å². The third-order valence-electron chi connectivity index (χ3n) is 4.78. The number of rotatable bonds is 6. The maximum absolute atomic E-state index is 12.7. The van der Waals surface area contributed by atoms with Gasteiger partial charge in [-0.1, -0.05) is 6.92 Å². The molecule has 0 radical (unpaired) electrons. The van der Waals surface area contributed by atoms with E-state index in [0.29, 0.717) is 22.0 Å². The van der Waals surface area contributed by atoms with Crippen molar-refractivity contribution in [2.45, 2.75) is 52.7 Å². The molecule has 0 aromatic carbocycles. The fourth-order valence-corrected chi connectivity index (χ4v) is 4.84. The van der Waals surface area contributed by atoms with E-state index < -0.39 is 11.9 Å². The number of nitrogens with one attached hydrogen (secondary N) is 1. The second-order valence-corrected chi connectivity index (χ2v) is 8.79. The van der Waals surface area contributed by atoms with Gasteiger partial charge in [0.05, 0.1) is 11.7 Å². The Kier molecular flexibility index (Phi) is 6.32. The van der Waals surface area contributed by atoms with Gasteiger partial charge < -0.3 is 15.8 Å². The highest BCUT2D eigenvalue weighted by Gasteiger charge is 2.30. The minimum atomic E-state index is -0.557. The molecule has 0 unspecified atom stereocenters. The summed E-state index contributed by atoms with van der Waals surface area (Å²) in [4.78, 5) is 37.8. The van der Waals surface area contributed by atoms with Crippen LogP contribution in [-0.2, 0) is 28.9 Å². The van der Waals surface area contributed by atoms with E-state index in [1.54, 1.807) is 36.7 Å². The van der Waals surface area contributed by atoms with Crippen LogP contribution in [0, 0.1) is 5.92 Å². The molecular weight excluding hydrogens is 390 g/mol. The Morgan fingerprint density at radius 3 is 2.83 bits per heavy atom.